The smallest absolute Gasteiger partial charge is 0.408 e. The standard InChI is InChI=1S/C30H43N3O6/c1-7-8-11-18-33(26(27(36)31-20(2)3)23-12-9-10-13-25(23)35)28(37)24(32-29(38)39-30(4,5)6)19-21-14-16-22(34)17-15-21/h9-10,12-17,20,24,26,34-35H,7-8,11,18-19H2,1-6H3,(H,31,36)(H,32,38). The van der Waals surface area contributed by atoms with Crippen molar-refractivity contribution < 1.29 is 29.3 Å². The Morgan fingerprint density at radius 3 is 2.15 bits per heavy atom. The lowest BCUT2D eigenvalue weighted by atomic mass is 9.99. The Bertz CT molecular complexity index is 1090. The summed E-state index contributed by atoms with van der Waals surface area (Å²) >= 11 is 0. The van der Waals surface area contributed by atoms with E-state index in [9.17, 15) is 24.6 Å². The molecule has 0 saturated carbocycles. The van der Waals surface area contributed by atoms with Crippen LogP contribution in [0.3, 0.4) is 0 Å². The highest BCUT2D eigenvalue weighted by Crippen LogP contribution is 2.30. The van der Waals surface area contributed by atoms with E-state index in [1.165, 1.54) is 23.1 Å². The van der Waals surface area contributed by atoms with E-state index in [1.807, 2.05) is 20.8 Å². The first-order chi connectivity index (χ1) is 18.3. The summed E-state index contributed by atoms with van der Waals surface area (Å²) in [5.41, 5.74) is 0.203. The Kier molecular flexibility index (Phi) is 11.6. The van der Waals surface area contributed by atoms with Gasteiger partial charge >= 0.3 is 6.09 Å². The third-order valence-electron chi connectivity index (χ3n) is 5.87. The number of hydrogen-bond donors (Lipinski definition) is 4. The molecule has 2 unspecified atom stereocenters. The summed E-state index contributed by atoms with van der Waals surface area (Å²) in [4.78, 5) is 42.1. The van der Waals surface area contributed by atoms with Crippen LogP contribution in [0, 0.1) is 0 Å². The van der Waals surface area contributed by atoms with Crippen molar-refractivity contribution in [3.05, 3.63) is 59.7 Å². The maximum Gasteiger partial charge on any atom is 0.408 e. The minimum atomic E-state index is -1.12. The predicted octanol–water partition coefficient (Wildman–Crippen LogP) is 4.82. The molecule has 0 aliphatic rings. The van der Waals surface area contributed by atoms with Crippen LogP contribution in [0.2, 0.25) is 0 Å². The predicted molar refractivity (Wildman–Crippen MR) is 150 cm³/mol. The Morgan fingerprint density at radius 1 is 0.949 bits per heavy atom. The van der Waals surface area contributed by atoms with Gasteiger partial charge in [-0.25, -0.2) is 4.79 Å². The van der Waals surface area contributed by atoms with Gasteiger partial charge in [-0.1, -0.05) is 50.1 Å². The average Bonchev–Trinajstić information content (AvgIpc) is 2.83. The SMILES string of the molecule is CCCCCN(C(=O)C(Cc1ccc(O)cc1)NC(=O)OC(C)(C)C)C(C(=O)NC(C)C)c1ccccc1O. The molecule has 0 radical (unpaired) electrons. The molecule has 9 heteroatoms. The van der Waals surface area contributed by atoms with Crippen molar-refractivity contribution in [2.24, 2.45) is 0 Å². The number of amides is 3. The van der Waals surface area contributed by atoms with Crippen molar-refractivity contribution in [2.45, 2.75) is 91.0 Å². The lowest BCUT2D eigenvalue weighted by Gasteiger charge is -2.35. The molecule has 0 aliphatic carbocycles. The molecule has 2 atom stereocenters. The van der Waals surface area contributed by atoms with Gasteiger partial charge in [-0.2, -0.15) is 0 Å². The van der Waals surface area contributed by atoms with Crippen molar-refractivity contribution in [2.75, 3.05) is 6.54 Å². The number of rotatable bonds is 12. The van der Waals surface area contributed by atoms with Crippen LogP contribution in [0.4, 0.5) is 4.79 Å². The largest absolute Gasteiger partial charge is 0.508 e. The maximum atomic E-state index is 14.3. The number of para-hydroxylation sites is 1. The Morgan fingerprint density at radius 2 is 1.59 bits per heavy atom. The zero-order valence-electron chi connectivity index (χ0n) is 23.9. The van der Waals surface area contributed by atoms with Crippen molar-refractivity contribution in [3.63, 3.8) is 0 Å². The maximum absolute atomic E-state index is 14.3. The van der Waals surface area contributed by atoms with Gasteiger partial charge in [0.05, 0.1) is 0 Å². The van der Waals surface area contributed by atoms with Gasteiger partial charge in [0, 0.05) is 24.6 Å². The molecule has 9 nitrogen and oxygen atoms in total. The fourth-order valence-corrected chi connectivity index (χ4v) is 4.15. The number of aromatic hydroxyl groups is 2. The first-order valence-corrected chi connectivity index (χ1v) is 13.5. The fraction of sp³-hybridized carbons (Fsp3) is 0.500. The van der Waals surface area contributed by atoms with Crippen LogP contribution in [0.1, 0.15) is 78.0 Å². The zero-order chi connectivity index (χ0) is 29.2. The topological polar surface area (TPSA) is 128 Å². The lowest BCUT2D eigenvalue weighted by molar-refractivity contribution is -0.142. The van der Waals surface area contributed by atoms with Crippen LogP contribution in [-0.2, 0) is 20.7 Å². The summed E-state index contributed by atoms with van der Waals surface area (Å²) in [7, 11) is 0. The van der Waals surface area contributed by atoms with Gasteiger partial charge in [-0.15, -0.1) is 0 Å². The monoisotopic (exact) mass is 541 g/mol. The van der Waals surface area contributed by atoms with Gasteiger partial charge in [0.25, 0.3) is 0 Å². The van der Waals surface area contributed by atoms with Crippen molar-refractivity contribution >= 4 is 17.9 Å². The van der Waals surface area contributed by atoms with Gasteiger partial charge in [0.15, 0.2) is 0 Å². The van der Waals surface area contributed by atoms with E-state index in [-0.39, 0.29) is 30.5 Å². The number of nitrogens with one attached hydrogen (secondary N) is 2. The second-order valence-electron chi connectivity index (χ2n) is 10.9. The molecule has 0 fully saturated rings. The third-order valence-corrected chi connectivity index (χ3v) is 5.87. The number of phenolic OH excluding ortho intramolecular Hbond substituents is 2. The van der Waals surface area contributed by atoms with Gasteiger partial charge in [-0.05, 0) is 64.8 Å². The van der Waals surface area contributed by atoms with Crippen molar-refractivity contribution in [1.29, 1.82) is 0 Å². The minimum absolute atomic E-state index is 0.0768. The molecule has 214 valence electrons. The second-order valence-corrected chi connectivity index (χ2v) is 10.9. The summed E-state index contributed by atoms with van der Waals surface area (Å²) in [5.74, 6) is -0.952. The Labute approximate surface area is 231 Å². The molecule has 0 aliphatic heterocycles. The van der Waals surface area contributed by atoms with E-state index in [0.29, 0.717) is 17.5 Å². The number of nitrogens with zero attached hydrogens (tertiary/aromatic N) is 1. The van der Waals surface area contributed by atoms with E-state index in [4.69, 9.17) is 4.74 Å². The zero-order valence-corrected chi connectivity index (χ0v) is 23.9. The van der Waals surface area contributed by atoms with E-state index in [2.05, 4.69) is 10.6 Å². The van der Waals surface area contributed by atoms with Crippen molar-refractivity contribution in [1.82, 2.24) is 15.5 Å². The number of ether oxygens (including phenoxy) is 1. The number of alkyl carbamates (subject to hydrolysis) is 1. The Balaban J connectivity index is 2.57. The summed E-state index contributed by atoms with van der Waals surface area (Å²) in [6.07, 6.45) is 1.68. The van der Waals surface area contributed by atoms with E-state index < -0.39 is 35.6 Å². The van der Waals surface area contributed by atoms with Gasteiger partial charge in [0.1, 0.15) is 29.2 Å². The number of carbonyl (C=O) groups is 3. The van der Waals surface area contributed by atoms with Crippen LogP contribution >= 0.6 is 0 Å². The number of unbranched alkanes of at least 4 members (excludes halogenated alkanes) is 2. The minimum Gasteiger partial charge on any atom is -0.508 e. The number of carbonyl (C=O) groups excluding carboxylic acids is 3. The molecule has 0 heterocycles. The molecule has 0 saturated heterocycles. The average molecular weight is 542 g/mol. The number of hydrogen-bond acceptors (Lipinski definition) is 6. The molecule has 0 spiro atoms. The highest BCUT2D eigenvalue weighted by Gasteiger charge is 2.37. The summed E-state index contributed by atoms with van der Waals surface area (Å²) < 4.78 is 5.44. The van der Waals surface area contributed by atoms with E-state index >= 15 is 0 Å². The van der Waals surface area contributed by atoms with Gasteiger partial charge < -0.3 is 30.5 Å². The summed E-state index contributed by atoms with van der Waals surface area (Å²) in [6, 6.07) is 10.4. The normalized spacial score (nSPS) is 12.9. The molecular formula is C30H43N3O6. The van der Waals surface area contributed by atoms with Crippen LogP contribution in [-0.4, -0.2) is 57.3 Å². The van der Waals surface area contributed by atoms with Crippen LogP contribution in [0.25, 0.3) is 0 Å². The molecule has 3 amide bonds. The van der Waals surface area contributed by atoms with Gasteiger partial charge in [0.2, 0.25) is 11.8 Å². The van der Waals surface area contributed by atoms with Crippen LogP contribution < -0.4 is 10.6 Å². The molecule has 2 rings (SSSR count). The quantitative estimate of drug-likeness (QED) is 0.285. The lowest BCUT2D eigenvalue weighted by Crippen LogP contribution is -2.54. The highest BCUT2D eigenvalue weighted by molar-refractivity contribution is 5.92. The van der Waals surface area contributed by atoms with Crippen molar-refractivity contribution in [3.8, 4) is 11.5 Å². The molecule has 0 aromatic heterocycles. The molecule has 2 aromatic carbocycles. The number of phenols is 2. The fourth-order valence-electron chi connectivity index (χ4n) is 4.15. The van der Waals surface area contributed by atoms with E-state index in [0.717, 1.165) is 12.8 Å². The van der Waals surface area contributed by atoms with E-state index in [1.54, 1.807) is 51.1 Å². The second kappa shape index (κ2) is 14.4. The number of benzene rings is 2. The first-order valence-electron chi connectivity index (χ1n) is 13.5. The first kappa shape index (κ1) is 31.5. The molecular weight excluding hydrogens is 498 g/mol. The van der Waals surface area contributed by atoms with Crippen LogP contribution in [0.5, 0.6) is 11.5 Å². The summed E-state index contributed by atoms with van der Waals surface area (Å²) in [6.45, 7) is 11.1. The van der Waals surface area contributed by atoms with Gasteiger partial charge in [-0.3, -0.25) is 9.59 Å². The molecule has 0 bridgehead atoms. The molecule has 4 N–H and O–H groups in total. The summed E-state index contributed by atoms with van der Waals surface area (Å²) in [5, 5.41) is 26.0. The third kappa shape index (κ3) is 10.1. The Hall–Kier alpha value is -3.75. The molecule has 2 aromatic rings. The molecule has 39 heavy (non-hydrogen) atoms. The van der Waals surface area contributed by atoms with Crippen LogP contribution in [0.15, 0.2) is 48.5 Å². The highest BCUT2D eigenvalue weighted by atomic mass is 16.6.